The van der Waals surface area contributed by atoms with Gasteiger partial charge in [-0.15, -0.1) is 0 Å². The van der Waals surface area contributed by atoms with Crippen LogP contribution >= 0.6 is 0 Å². The number of benzene rings is 2. The van der Waals surface area contributed by atoms with Crippen LogP contribution in [0.25, 0.3) is 0 Å². The molecule has 0 fully saturated rings. The second-order valence-corrected chi connectivity index (χ2v) is 5.46. The van der Waals surface area contributed by atoms with Gasteiger partial charge in [-0.3, -0.25) is 19.3 Å². The number of fused-ring (bicyclic) bond motifs is 1. The van der Waals surface area contributed by atoms with Crippen LogP contribution in [0.1, 0.15) is 38.0 Å². The van der Waals surface area contributed by atoms with Crippen molar-refractivity contribution >= 4 is 17.6 Å². The normalized spacial score (nSPS) is 13.0. The van der Waals surface area contributed by atoms with E-state index in [9.17, 15) is 14.4 Å². The minimum atomic E-state index is -0.354. The summed E-state index contributed by atoms with van der Waals surface area (Å²) in [7, 11) is 0. The molecule has 2 amide bonds. The lowest BCUT2D eigenvalue weighted by atomic mass is 10.1. The summed E-state index contributed by atoms with van der Waals surface area (Å²) in [5, 5.41) is 0. The van der Waals surface area contributed by atoms with Crippen molar-refractivity contribution in [3.8, 4) is 5.75 Å². The largest absolute Gasteiger partial charge is 0.460 e. The Bertz CT molecular complexity index is 817. The maximum atomic E-state index is 12.3. The molecule has 0 unspecified atom stereocenters. The zero-order valence-corrected chi connectivity index (χ0v) is 13.1. The molecular formula is C19H15NO4. The highest BCUT2D eigenvalue weighted by atomic mass is 16.5. The van der Waals surface area contributed by atoms with Crippen molar-refractivity contribution in [2.45, 2.75) is 6.92 Å². The number of ketones is 1. The Morgan fingerprint density at radius 2 is 1.54 bits per heavy atom. The van der Waals surface area contributed by atoms with Gasteiger partial charge in [0.05, 0.1) is 17.7 Å². The van der Waals surface area contributed by atoms with E-state index < -0.39 is 0 Å². The van der Waals surface area contributed by atoms with E-state index in [0.717, 1.165) is 4.90 Å². The molecule has 2 aromatic carbocycles. The number of nitrogens with zero attached hydrogens (tertiary/aromatic N) is 1. The van der Waals surface area contributed by atoms with Gasteiger partial charge in [-0.25, -0.2) is 0 Å². The Morgan fingerprint density at radius 3 is 2.04 bits per heavy atom. The number of amides is 2. The van der Waals surface area contributed by atoms with E-state index in [1.807, 2.05) is 0 Å². The molecule has 2 aromatic rings. The average Bonchev–Trinajstić information content (AvgIpc) is 2.81. The zero-order valence-electron chi connectivity index (χ0n) is 13.1. The van der Waals surface area contributed by atoms with Gasteiger partial charge in [-0.1, -0.05) is 18.7 Å². The SMILES string of the molecule is C=C(CN1C(=O)c2ccccc2C1=O)Oc1ccc(C(C)=O)cc1. The number of imide groups is 1. The molecule has 3 rings (SSSR count). The molecular weight excluding hydrogens is 306 g/mol. The number of carbonyl (C=O) groups is 3. The molecule has 1 aliphatic heterocycles. The third-order valence-electron chi connectivity index (χ3n) is 3.74. The van der Waals surface area contributed by atoms with Gasteiger partial charge in [0.25, 0.3) is 11.8 Å². The van der Waals surface area contributed by atoms with E-state index >= 15 is 0 Å². The summed E-state index contributed by atoms with van der Waals surface area (Å²) < 4.78 is 5.55. The number of hydrogen-bond donors (Lipinski definition) is 0. The van der Waals surface area contributed by atoms with Crippen LogP contribution in [0, 0.1) is 0 Å². The summed E-state index contributed by atoms with van der Waals surface area (Å²) in [6, 6.07) is 13.3. The minimum absolute atomic E-state index is 0.0270. The molecule has 0 aromatic heterocycles. The maximum Gasteiger partial charge on any atom is 0.261 e. The van der Waals surface area contributed by atoms with Crippen LogP contribution in [0.3, 0.4) is 0 Å². The molecule has 0 atom stereocenters. The fourth-order valence-electron chi connectivity index (χ4n) is 2.52. The van der Waals surface area contributed by atoms with E-state index in [-0.39, 0.29) is 29.9 Å². The Hall–Kier alpha value is -3.21. The zero-order chi connectivity index (χ0) is 17.3. The minimum Gasteiger partial charge on any atom is -0.460 e. The van der Waals surface area contributed by atoms with Gasteiger partial charge in [0.1, 0.15) is 11.5 Å². The first-order valence-corrected chi connectivity index (χ1v) is 7.39. The first-order valence-electron chi connectivity index (χ1n) is 7.39. The summed E-state index contributed by atoms with van der Waals surface area (Å²) in [5.74, 6) is 0.00708. The fraction of sp³-hybridized carbons (Fsp3) is 0.105. The fourth-order valence-corrected chi connectivity index (χ4v) is 2.52. The van der Waals surface area contributed by atoms with Gasteiger partial charge in [-0.2, -0.15) is 0 Å². The molecule has 0 saturated heterocycles. The summed E-state index contributed by atoms with van der Waals surface area (Å²) in [5.41, 5.74) is 1.36. The third kappa shape index (κ3) is 2.84. The first-order chi connectivity index (χ1) is 11.5. The number of Topliss-reactive ketones (excluding diaryl/α,β-unsaturated/α-hetero) is 1. The molecule has 5 nitrogen and oxygen atoms in total. The predicted octanol–water partition coefficient (Wildman–Crippen LogP) is 3.08. The van der Waals surface area contributed by atoms with Gasteiger partial charge < -0.3 is 4.74 Å². The molecule has 24 heavy (non-hydrogen) atoms. The second kappa shape index (κ2) is 6.12. The van der Waals surface area contributed by atoms with Gasteiger partial charge in [0, 0.05) is 5.56 Å². The van der Waals surface area contributed by atoms with Crippen LogP contribution < -0.4 is 4.74 Å². The Balaban J connectivity index is 1.69. The smallest absolute Gasteiger partial charge is 0.261 e. The lowest BCUT2D eigenvalue weighted by molar-refractivity contribution is 0.0654. The summed E-state index contributed by atoms with van der Waals surface area (Å²) in [4.78, 5) is 36.9. The van der Waals surface area contributed by atoms with Gasteiger partial charge in [0.15, 0.2) is 5.78 Å². The van der Waals surface area contributed by atoms with Crippen molar-refractivity contribution in [2.24, 2.45) is 0 Å². The van der Waals surface area contributed by atoms with Crippen LogP contribution in [0.4, 0.5) is 0 Å². The molecule has 0 saturated carbocycles. The molecule has 0 spiro atoms. The molecule has 120 valence electrons. The first kappa shape index (κ1) is 15.7. The number of carbonyl (C=O) groups excluding carboxylic acids is 3. The van der Waals surface area contributed by atoms with Crippen molar-refractivity contribution in [1.82, 2.24) is 4.90 Å². The van der Waals surface area contributed by atoms with Crippen LogP contribution in [0.2, 0.25) is 0 Å². The summed E-state index contributed by atoms with van der Waals surface area (Å²) >= 11 is 0. The second-order valence-electron chi connectivity index (χ2n) is 5.46. The van der Waals surface area contributed by atoms with Crippen molar-refractivity contribution in [3.63, 3.8) is 0 Å². The maximum absolute atomic E-state index is 12.3. The van der Waals surface area contributed by atoms with Crippen molar-refractivity contribution in [2.75, 3.05) is 6.54 Å². The van der Waals surface area contributed by atoms with E-state index in [1.54, 1.807) is 48.5 Å². The number of rotatable bonds is 5. The quantitative estimate of drug-likeness (QED) is 0.482. The van der Waals surface area contributed by atoms with Gasteiger partial charge in [-0.05, 0) is 43.3 Å². The molecule has 1 heterocycles. The standard InChI is InChI=1S/C19H15NO4/c1-12(24-15-9-7-14(8-10-15)13(2)21)11-20-18(22)16-5-3-4-6-17(16)19(20)23/h3-10H,1,11H2,2H3. The molecule has 1 aliphatic rings. The summed E-state index contributed by atoms with van der Waals surface area (Å²) in [6.45, 7) is 5.22. The number of hydrogen-bond acceptors (Lipinski definition) is 4. The lowest BCUT2D eigenvalue weighted by Gasteiger charge is -2.16. The van der Waals surface area contributed by atoms with Crippen molar-refractivity contribution < 1.29 is 19.1 Å². The molecule has 0 bridgehead atoms. The van der Waals surface area contributed by atoms with Gasteiger partial charge >= 0.3 is 0 Å². The van der Waals surface area contributed by atoms with Crippen molar-refractivity contribution in [3.05, 3.63) is 77.6 Å². The summed E-state index contributed by atoms with van der Waals surface area (Å²) in [6.07, 6.45) is 0. The predicted molar refractivity (Wildman–Crippen MR) is 88.0 cm³/mol. The highest BCUT2D eigenvalue weighted by Gasteiger charge is 2.35. The highest BCUT2D eigenvalue weighted by molar-refractivity contribution is 6.21. The Morgan fingerprint density at radius 1 is 1.00 bits per heavy atom. The average molecular weight is 321 g/mol. The van der Waals surface area contributed by atoms with E-state index in [4.69, 9.17) is 4.74 Å². The van der Waals surface area contributed by atoms with Crippen molar-refractivity contribution in [1.29, 1.82) is 0 Å². The van der Waals surface area contributed by atoms with Gasteiger partial charge in [0.2, 0.25) is 0 Å². The monoisotopic (exact) mass is 321 g/mol. The van der Waals surface area contributed by atoms with Crippen LogP contribution in [0.5, 0.6) is 5.75 Å². The number of ether oxygens (including phenoxy) is 1. The van der Waals surface area contributed by atoms with E-state index in [0.29, 0.717) is 22.4 Å². The molecule has 5 heteroatoms. The lowest BCUT2D eigenvalue weighted by Crippen LogP contribution is -2.32. The Labute approximate surface area is 139 Å². The molecule has 0 radical (unpaired) electrons. The van der Waals surface area contributed by atoms with Crippen LogP contribution in [-0.4, -0.2) is 29.0 Å². The van der Waals surface area contributed by atoms with E-state index in [1.165, 1.54) is 6.92 Å². The topological polar surface area (TPSA) is 63.7 Å². The highest BCUT2D eigenvalue weighted by Crippen LogP contribution is 2.24. The van der Waals surface area contributed by atoms with Crippen LogP contribution in [-0.2, 0) is 0 Å². The third-order valence-corrected chi connectivity index (χ3v) is 3.74. The molecule has 0 aliphatic carbocycles. The van der Waals surface area contributed by atoms with E-state index in [2.05, 4.69) is 6.58 Å². The Kier molecular flexibility index (Phi) is 4.00. The molecule has 0 N–H and O–H groups in total. The van der Waals surface area contributed by atoms with Crippen LogP contribution in [0.15, 0.2) is 60.9 Å².